The number of hydrogen-bond donors (Lipinski definition) is 0. The van der Waals surface area contributed by atoms with E-state index < -0.39 is 0 Å². The first kappa shape index (κ1) is 11.0. The fourth-order valence-electron chi connectivity index (χ4n) is 1.42. The van der Waals surface area contributed by atoms with Gasteiger partial charge in [0.15, 0.2) is 0 Å². The average Bonchev–Trinajstić information content (AvgIpc) is 2.17. The van der Waals surface area contributed by atoms with Crippen molar-refractivity contribution >= 4 is 0 Å². The molecule has 0 aromatic carbocycles. The van der Waals surface area contributed by atoms with Crippen molar-refractivity contribution < 1.29 is 9.78 Å². The highest BCUT2D eigenvalue weighted by atomic mass is 17.2. The molecule has 0 N–H and O–H groups in total. The molecule has 2 nitrogen and oxygen atoms in total. The van der Waals surface area contributed by atoms with Crippen LogP contribution in [0, 0.1) is 0 Å². The molecule has 78 valence electrons. The van der Waals surface area contributed by atoms with Gasteiger partial charge in [0.1, 0.15) is 0 Å². The van der Waals surface area contributed by atoms with Crippen LogP contribution in [0.3, 0.4) is 0 Å². The van der Waals surface area contributed by atoms with Crippen LogP contribution in [-0.4, -0.2) is 11.7 Å². The Morgan fingerprint density at radius 1 is 1.15 bits per heavy atom. The van der Waals surface area contributed by atoms with Crippen molar-refractivity contribution in [2.45, 2.75) is 71.0 Å². The van der Waals surface area contributed by atoms with Crippen LogP contribution in [0.25, 0.3) is 0 Å². The summed E-state index contributed by atoms with van der Waals surface area (Å²) in [6.07, 6.45) is 7.61. The zero-order valence-corrected chi connectivity index (χ0v) is 9.14. The Labute approximate surface area is 81.5 Å². The van der Waals surface area contributed by atoms with Gasteiger partial charge in [0.25, 0.3) is 0 Å². The summed E-state index contributed by atoms with van der Waals surface area (Å²) in [5.41, 5.74) is -0.128. The van der Waals surface area contributed by atoms with Gasteiger partial charge in [0.2, 0.25) is 0 Å². The van der Waals surface area contributed by atoms with E-state index in [-0.39, 0.29) is 5.60 Å². The Morgan fingerprint density at radius 3 is 2.31 bits per heavy atom. The van der Waals surface area contributed by atoms with Crippen molar-refractivity contribution in [2.75, 3.05) is 0 Å². The summed E-state index contributed by atoms with van der Waals surface area (Å²) in [6, 6.07) is 0. The van der Waals surface area contributed by atoms with E-state index in [0.29, 0.717) is 6.10 Å². The zero-order valence-electron chi connectivity index (χ0n) is 9.14. The fraction of sp³-hybridized carbons (Fsp3) is 1.00. The third kappa shape index (κ3) is 4.10. The standard InChI is InChI=1S/C11H22O2/c1-4-11(2,3)13-12-10-8-6-5-7-9-10/h10H,4-9H2,1-3H3. The van der Waals surface area contributed by atoms with Gasteiger partial charge in [-0.2, -0.15) is 0 Å². The molecule has 0 atom stereocenters. The van der Waals surface area contributed by atoms with Gasteiger partial charge in [0, 0.05) is 0 Å². The van der Waals surface area contributed by atoms with Crippen LogP contribution in [0.15, 0.2) is 0 Å². The van der Waals surface area contributed by atoms with Crippen LogP contribution in [0.5, 0.6) is 0 Å². The molecule has 0 amide bonds. The molecule has 1 rings (SSSR count). The van der Waals surface area contributed by atoms with E-state index in [4.69, 9.17) is 9.78 Å². The van der Waals surface area contributed by atoms with E-state index in [1.807, 2.05) is 0 Å². The van der Waals surface area contributed by atoms with Crippen LogP contribution in [0.1, 0.15) is 59.3 Å². The Balaban J connectivity index is 2.17. The van der Waals surface area contributed by atoms with Crippen molar-refractivity contribution in [3.8, 4) is 0 Å². The first-order valence-corrected chi connectivity index (χ1v) is 5.48. The molecule has 0 spiro atoms. The Morgan fingerprint density at radius 2 is 1.77 bits per heavy atom. The van der Waals surface area contributed by atoms with Crippen molar-refractivity contribution in [1.29, 1.82) is 0 Å². The predicted molar refractivity (Wildman–Crippen MR) is 53.4 cm³/mol. The van der Waals surface area contributed by atoms with Crippen LogP contribution in [-0.2, 0) is 9.78 Å². The molecule has 0 radical (unpaired) electrons. The molecule has 0 aromatic heterocycles. The Hall–Kier alpha value is -0.0800. The van der Waals surface area contributed by atoms with Crippen molar-refractivity contribution in [2.24, 2.45) is 0 Å². The average molecular weight is 186 g/mol. The van der Waals surface area contributed by atoms with E-state index in [1.54, 1.807) is 0 Å². The van der Waals surface area contributed by atoms with Gasteiger partial charge in [-0.1, -0.05) is 26.2 Å². The Kier molecular flexibility index (Phi) is 4.20. The molecule has 13 heavy (non-hydrogen) atoms. The van der Waals surface area contributed by atoms with Gasteiger partial charge >= 0.3 is 0 Å². The summed E-state index contributed by atoms with van der Waals surface area (Å²) in [7, 11) is 0. The Bertz CT molecular complexity index is 137. The largest absolute Gasteiger partial charge is 0.233 e. The molecule has 0 unspecified atom stereocenters. The third-order valence-corrected chi connectivity index (χ3v) is 2.81. The minimum absolute atomic E-state index is 0.128. The van der Waals surface area contributed by atoms with Crippen LogP contribution >= 0.6 is 0 Å². The molecule has 0 bridgehead atoms. The maximum atomic E-state index is 5.44. The van der Waals surface area contributed by atoms with Gasteiger partial charge in [0.05, 0.1) is 11.7 Å². The fourth-order valence-corrected chi connectivity index (χ4v) is 1.42. The lowest BCUT2D eigenvalue weighted by atomic mass is 9.98. The number of hydrogen-bond acceptors (Lipinski definition) is 2. The lowest BCUT2D eigenvalue weighted by molar-refractivity contribution is -0.380. The molecule has 0 aliphatic heterocycles. The molecule has 2 heteroatoms. The van der Waals surface area contributed by atoms with Crippen molar-refractivity contribution in [3.05, 3.63) is 0 Å². The maximum Gasteiger partial charge on any atom is 0.0977 e. The van der Waals surface area contributed by atoms with Crippen LogP contribution in [0.4, 0.5) is 0 Å². The van der Waals surface area contributed by atoms with Crippen LogP contribution < -0.4 is 0 Å². The van der Waals surface area contributed by atoms with Gasteiger partial charge < -0.3 is 0 Å². The van der Waals surface area contributed by atoms with E-state index in [2.05, 4.69) is 20.8 Å². The second kappa shape index (κ2) is 4.97. The van der Waals surface area contributed by atoms with E-state index >= 15 is 0 Å². The van der Waals surface area contributed by atoms with Gasteiger partial charge in [-0.05, 0) is 33.1 Å². The smallest absolute Gasteiger partial charge is 0.0977 e. The van der Waals surface area contributed by atoms with Crippen LogP contribution in [0.2, 0.25) is 0 Å². The maximum absolute atomic E-state index is 5.44. The summed E-state index contributed by atoms with van der Waals surface area (Å²) in [4.78, 5) is 10.9. The minimum Gasteiger partial charge on any atom is -0.233 e. The van der Waals surface area contributed by atoms with Crippen molar-refractivity contribution in [1.82, 2.24) is 0 Å². The third-order valence-electron chi connectivity index (χ3n) is 2.81. The molecule has 1 aliphatic rings. The molecule has 1 saturated carbocycles. The lowest BCUT2D eigenvalue weighted by Crippen LogP contribution is -2.27. The lowest BCUT2D eigenvalue weighted by Gasteiger charge is -2.27. The topological polar surface area (TPSA) is 18.5 Å². The summed E-state index contributed by atoms with van der Waals surface area (Å²) in [5.74, 6) is 0. The normalized spacial score (nSPS) is 20.5. The van der Waals surface area contributed by atoms with E-state index in [1.165, 1.54) is 32.1 Å². The van der Waals surface area contributed by atoms with Crippen molar-refractivity contribution in [3.63, 3.8) is 0 Å². The summed E-state index contributed by atoms with van der Waals surface area (Å²) >= 11 is 0. The highest BCUT2D eigenvalue weighted by molar-refractivity contribution is 4.65. The first-order chi connectivity index (χ1) is 6.14. The monoisotopic (exact) mass is 186 g/mol. The zero-order chi connectivity index (χ0) is 9.73. The van der Waals surface area contributed by atoms with E-state index in [9.17, 15) is 0 Å². The molecule has 1 fully saturated rings. The van der Waals surface area contributed by atoms with Gasteiger partial charge in [-0.3, -0.25) is 0 Å². The highest BCUT2D eigenvalue weighted by Crippen LogP contribution is 2.23. The van der Waals surface area contributed by atoms with Gasteiger partial charge in [-0.25, -0.2) is 9.78 Å². The van der Waals surface area contributed by atoms with E-state index in [0.717, 1.165) is 6.42 Å². The quantitative estimate of drug-likeness (QED) is 0.494. The predicted octanol–water partition coefficient (Wildman–Crippen LogP) is 3.46. The highest BCUT2D eigenvalue weighted by Gasteiger charge is 2.21. The molecule has 0 saturated heterocycles. The molecule has 0 heterocycles. The van der Waals surface area contributed by atoms with Gasteiger partial charge in [-0.15, -0.1) is 0 Å². The molecular formula is C11H22O2. The molecule has 1 aliphatic carbocycles. The first-order valence-electron chi connectivity index (χ1n) is 5.48. The minimum atomic E-state index is -0.128. The molecular weight excluding hydrogens is 164 g/mol. The number of rotatable bonds is 4. The summed E-state index contributed by atoms with van der Waals surface area (Å²) < 4.78 is 0. The second-order valence-corrected chi connectivity index (χ2v) is 4.55. The summed E-state index contributed by atoms with van der Waals surface area (Å²) in [5, 5.41) is 0. The summed E-state index contributed by atoms with van der Waals surface area (Å²) in [6.45, 7) is 6.25. The second-order valence-electron chi connectivity index (χ2n) is 4.55. The SMILES string of the molecule is CCC(C)(C)OOC1CCCCC1. The molecule has 0 aromatic rings.